The van der Waals surface area contributed by atoms with Gasteiger partial charge in [-0.3, -0.25) is 0 Å². The Balaban J connectivity index is 0.986. The number of hydrogen-bond donors (Lipinski definition) is 10. The molecule has 0 saturated carbocycles. The van der Waals surface area contributed by atoms with Crippen LogP contribution in [0.25, 0.3) is 0 Å². The summed E-state index contributed by atoms with van der Waals surface area (Å²) in [7, 11) is 1.09. The SMILES string of the molecule is COC1C(O)C(OC2C(COCc3ccccc3)OC(OC3C(O)C(OC4C(COCc5ccccc5)OC(OCCN(Cc5ccccc5)C(=O)OCc5ccccc5)C(O)C4O)OC(C(=O)O)C3O)C(O)C2O)OC(C(=O)O)C1O. The zero-order valence-electron chi connectivity index (χ0n) is 44.3. The summed E-state index contributed by atoms with van der Waals surface area (Å²) in [5.74, 6) is -3.44. The first-order chi connectivity index (χ1) is 39.5. The molecular weight excluding hydrogens is 1090 g/mol. The molecular formula is C56H69NO25. The average Bonchev–Trinajstić information content (AvgIpc) is 3.65. The summed E-state index contributed by atoms with van der Waals surface area (Å²) >= 11 is 0. The van der Waals surface area contributed by atoms with Gasteiger partial charge in [0.1, 0.15) is 92.1 Å². The van der Waals surface area contributed by atoms with Crippen molar-refractivity contribution in [3.05, 3.63) is 144 Å². The van der Waals surface area contributed by atoms with Crippen LogP contribution >= 0.6 is 0 Å². The molecule has 4 fully saturated rings. The van der Waals surface area contributed by atoms with E-state index in [4.69, 9.17) is 56.8 Å². The number of rotatable bonds is 25. The van der Waals surface area contributed by atoms with Gasteiger partial charge in [0.15, 0.2) is 37.4 Å². The Morgan fingerprint density at radius 2 is 0.841 bits per heavy atom. The summed E-state index contributed by atoms with van der Waals surface area (Å²) in [6.45, 7) is -1.15. The van der Waals surface area contributed by atoms with Crippen molar-refractivity contribution < 1.29 is 122 Å². The normalized spacial score (nSPS) is 34.0. The first kappa shape index (κ1) is 62.4. The molecule has 448 valence electrons. The van der Waals surface area contributed by atoms with E-state index < -0.39 is 147 Å². The van der Waals surface area contributed by atoms with E-state index in [2.05, 4.69) is 0 Å². The van der Waals surface area contributed by atoms with Crippen LogP contribution in [0.15, 0.2) is 121 Å². The molecule has 0 bridgehead atoms. The van der Waals surface area contributed by atoms with E-state index in [0.29, 0.717) is 5.56 Å². The maximum atomic E-state index is 13.5. The molecule has 4 aliphatic heterocycles. The molecule has 4 aromatic carbocycles. The molecule has 20 atom stereocenters. The lowest BCUT2D eigenvalue weighted by molar-refractivity contribution is -0.386. The van der Waals surface area contributed by atoms with E-state index >= 15 is 0 Å². The highest BCUT2D eigenvalue weighted by Crippen LogP contribution is 2.36. The number of methoxy groups -OCH3 is 1. The third kappa shape index (κ3) is 15.7. The van der Waals surface area contributed by atoms with Gasteiger partial charge in [0.2, 0.25) is 0 Å². The fourth-order valence-corrected chi connectivity index (χ4v) is 9.74. The second-order valence-corrected chi connectivity index (χ2v) is 19.9. The van der Waals surface area contributed by atoms with Crippen LogP contribution in [0.5, 0.6) is 0 Å². The molecule has 82 heavy (non-hydrogen) atoms. The van der Waals surface area contributed by atoms with Crippen molar-refractivity contribution >= 4 is 18.0 Å². The van der Waals surface area contributed by atoms with E-state index in [0.717, 1.165) is 23.8 Å². The highest BCUT2D eigenvalue weighted by Gasteiger charge is 2.57. The molecule has 1 amide bonds. The van der Waals surface area contributed by atoms with E-state index in [1.165, 1.54) is 4.90 Å². The van der Waals surface area contributed by atoms with Crippen molar-refractivity contribution in [3.8, 4) is 0 Å². The predicted molar refractivity (Wildman–Crippen MR) is 275 cm³/mol. The van der Waals surface area contributed by atoms with Gasteiger partial charge in [-0.1, -0.05) is 121 Å². The molecule has 4 aromatic rings. The Morgan fingerprint density at radius 3 is 1.30 bits per heavy atom. The van der Waals surface area contributed by atoms with Crippen molar-refractivity contribution in [1.29, 1.82) is 0 Å². The van der Waals surface area contributed by atoms with Crippen molar-refractivity contribution in [2.75, 3.05) is 33.5 Å². The Kier molecular flexibility index (Phi) is 22.6. The number of ether oxygens (including phenoxy) is 12. The second-order valence-electron chi connectivity index (χ2n) is 19.9. The van der Waals surface area contributed by atoms with Crippen LogP contribution in [-0.4, -0.2) is 230 Å². The van der Waals surface area contributed by atoms with Crippen LogP contribution < -0.4 is 0 Å². The molecule has 4 saturated heterocycles. The minimum absolute atomic E-state index is 0.0105. The van der Waals surface area contributed by atoms with Gasteiger partial charge in [-0.2, -0.15) is 0 Å². The fourth-order valence-electron chi connectivity index (χ4n) is 9.74. The number of aliphatic hydroxyl groups excluding tert-OH is 8. The number of hydrogen-bond acceptors (Lipinski definition) is 23. The number of amides is 1. The van der Waals surface area contributed by atoms with Gasteiger partial charge in [0.25, 0.3) is 0 Å². The highest BCUT2D eigenvalue weighted by atomic mass is 16.8. The minimum atomic E-state index is -2.27. The Labute approximate surface area is 470 Å². The van der Waals surface area contributed by atoms with Crippen molar-refractivity contribution in [2.24, 2.45) is 0 Å². The summed E-state index contributed by atoms with van der Waals surface area (Å²) in [5.41, 5.74) is 2.95. The van der Waals surface area contributed by atoms with Gasteiger partial charge in [-0.15, -0.1) is 0 Å². The van der Waals surface area contributed by atoms with Gasteiger partial charge < -0.3 is 113 Å². The quantitative estimate of drug-likeness (QED) is 0.0396. The maximum Gasteiger partial charge on any atom is 0.410 e. The molecule has 8 rings (SSSR count). The van der Waals surface area contributed by atoms with E-state index in [1.807, 2.05) is 48.5 Å². The van der Waals surface area contributed by atoms with E-state index in [-0.39, 0.29) is 46.1 Å². The molecule has 0 spiro atoms. The molecule has 10 N–H and O–H groups in total. The van der Waals surface area contributed by atoms with Gasteiger partial charge >= 0.3 is 18.0 Å². The number of aliphatic hydroxyl groups is 8. The first-order valence-electron chi connectivity index (χ1n) is 26.4. The number of carboxylic acids is 2. The number of carbonyl (C=O) groups is 3. The molecule has 0 aromatic heterocycles. The van der Waals surface area contributed by atoms with Crippen LogP contribution in [0, 0.1) is 0 Å². The molecule has 26 heteroatoms. The lowest BCUT2D eigenvalue weighted by atomic mass is 9.95. The first-order valence-corrected chi connectivity index (χ1v) is 26.4. The molecule has 4 heterocycles. The fraction of sp³-hybridized carbons (Fsp3) is 0.518. The molecule has 26 nitrogen and oxygen atoms in total. The lowest BCUT2D eigenvalue weighted by Gasteiger charge is -2.49. The zero-order chi connectivity index (χ0) is 58.5. The minimum Gasteiger partial charge on any atom is -0.479 e. The summed E-state index contributed by atoms with van der Waals surface area (Å²) in [6.07, 6.45) is -39.2. The van der Waals surface area contributed by atoms with E-state index in [1.54, 1.807) is 72.8 Å². The molecule has 0 aliphatic carbocycles. The van der Waals surface area contributed by atoms with Gasteiger partial charge in [-0.25, -0.2) is 14.4 Å². The summed E-state index contributed by atoms with van der Waals surface area (Å²) in [4.78, 5) is 39.6. The van der Waals surface area contributed by atoms with Crippen LogP contribution in [0.1, 0.15) is 22.3 Å². The zero-order valence-corrected chi connectivity index (χ0v) is 44.3. The smallest absolute Gasteiger partial charge is 0.410 e. The predicted octanol–water partition coefficient (Wildman–Crippen LogP) is -0.598. The van der Waals surface area contributed by atoms with Crippen LogP contribution in [0.2, 0.25) is 0 Å². The average molecular weight is 1160 g/mol. The van der Waals surface area contributed by atoms with Gasteiger partial charge in [0.05, 0.1) is 33.0 Å². The summed E-state index contributed by atoms with van der Waals surface area (Å²) in [6, 6.07) is 35.8. The van der Waals surface area contributed by atoms with Crippen molar-refractivity contribution in [3.63, 3.8) is 0 Å². The lowest BCUT2D eigenvalue weighted by Crippen LogP contribution is -2.68. The van der Waals surface area contributed by atoms with Crippen LogP contribution in [0.3, 0.4) is 0 Å². The Hall–Kier alpha value is -5.67. The Morgan fingerprint density at radius 1 is 0.451 bits per heavy atom. The number of nitrogens with zero attached hydrogens (tertiary/aromatic N) is 1. The van der Waals surface area contributed by atoms with Gasteiger partial charge in [0, 0.05) is 20.2 Å². The van der Waals surface area contributed by atoms with E-state index in [9.17, 15) is 65.4 Å². The summed E-state index contributed by atoms with van der Waals surface area (Å²) in [5, 5.41) is 112. The Bertz CT molecular complexity index is 2580. The second kappa shape index (κ2) is 29.7. The van der Waals surface area contributed by atoms with Crippen LogP contribution in [0.4, 0.5) is 4.79 Å². The largest absolute Gasteiger partial charge is 0.479 e. The van der Waals surface area contributed by atoms with Gasteiger partial charge in [-0.05, 0) is 22.3 Å². The van der Waals surface area contributed by atoms with Crippen LogP contribution in [-0.2, 0) is 92.8 Å². The van der Waals surface area contributed by atoms with Crippen molar-refractivity contribution in [1.82, 2.24) is 4.90 Å². The van der Waals surface area contributed by atoms with Crippen molar-refractivity contribution in [2.45, 2.75) is 149 Å². The number of carboxylic acid groups (broad SMARTS) is 2. The number of carbonyl (C=O) groups excluding carboxylic acids is 1. The third-order valence-corrected chi connectivity index (χ3v) is 14.1. The summed E-state index contributed by atoms with van der Waals surface area (Å²) < 4.78 is 69.8. The maximum absolute atomic E-state index is 13.5. The molecule has 4 aliphatic rings. The monoisotopic (exact) mass is 1160 g/mol. The molecule has 20 unspecified atom stereocenters. The molecule has 0 radical (unpaired) electrons. The third-order valence-electron chi connectivity index (χ3n) is 14.1. The topological polar surface area (TPSA) is 368 Å². The number of benzene rings is 4. The number of aliphatic carboxylic acids is 2. The highest BCUT2D eigenvalue weighted by molar-refractivity contribution is 5.74. The standard InChI is InChI=1S/C56H69NO25/c1-71-46-40(62)48(50(66)67)81-54(42(46)64)78-45-35(29-73-26-32-18-10-4-11-19-32)77-53(39(61)37(45)59)80-47-41(63)49(51(68)69)82-55(43(47)65)79-44-34(28-72-25-31-16-8-3-9-17-31)76-52(38(60)36(44)58)74-23-22-57(24-30-14-6-2-7-15-30)56(70)75-27-33-20-12-5-13-21-33/h2-21,34-49,52-55,58-65H,22-29H2,1H3,(H,66,67)(H,68,69).